The Labute approximate surface area is 213 Å². The summed E-state index contributed by atoms with van der Waals surface area (Å²) in [5, 5.41) is 10.2. The van der Waals surface area contributed by atoms with E-state index in [-0.39, 0.29) is 29.1 Å². The number of aryl methyl sites for hydroxylation is 1. The van der Waals surface area contributed by atoms with Gasteiger partial charge in [0.1, 0.15) is 11.1 Å². The van der Waals surface area contributed by atoms with Crippen LogP contribution in [-0.2, 0) is 17.8 Å². The molecule has 0 bridgehead atoms. The molecular formula is C26H29ClFN3O3S. The van der Waals surface area contributed by atoms with Gasteiger partial charge < -0.3 is 19.6 Å². The molecule has 6 nitrogen and oxygen atoms in total. The standard InChI is InChI=1S/C26H29ClFN3O3S/c1-26(2,3)34-25(33)30-10-7-17(13-30)31-9-4-5-15-11-16(27)12-19(23(15)31)18-6-8-29-22-21(28)20(14-32)35-24(18)22/h6,8,11-12,17,32H,4-5,7,9-10,13-14H2,1-3H3/t17-/m0/s1. The third-order valence-electron chi connectivity index (χ3n) is 6.56. The van der Waals surface area contributed by atoms with Gasteiger partial charge in [-0.15, -0.1) is 11.3 Å². The van der Waals surface area contributed by atoms with Crippen LogP contribution in [-0.4, -0.2) is 52.4 Å². The Morgan fingerprint density at radius 3 is 2.86 bits per heavy atom. The van der Waals surface area contributed by atoms with Crippen LogP contribution in [0.4, 0.5) is 14.9 Å². The number of likely N-dealkylation sites (tertiary alicyclic amines) is 1. The fourth-order valence-corrected chi connectivity index (χ4v) is 6.38. The van der Waals surface area contributed by atoms with Crippen LogP contribution >= 0.6 is 22.9 Å². The molecule has 35 heavy (non-hydrogen) atoms. The first kappa shape index (κ1) is 24.3. The molecule has 0 radical (unpaired) electrons. The van der Waals surface area contributed by atoms with Crippen LogP contribution in [0, 0.1) is 5.82 Å². The number of nitrogens with zero attached hydrogens (tertiary/aromatic N) is 3. The third kappa shape index (κ3) is 4.59. The molecule has 1 fully saturated rings. The molecule has 4 heterocycles. The molecule has 9 heteroatoms. The van der Waals surface area contributed by atoms with Gasteiger partial charge in [0.05, 0.1) is 16.2 Å². The lowest BCUT2D eigenvalue weighted by molar-refractivity contribution is 0.0292. The van der Waals surface area contributed by atoms with Crippen LogP contribution in [0.25, 0.3) is 21.3 Å². The summed E-state index contributed by atoms with van der Waals surface area (Å²) >= 11 is 7.79. The fraction of sp³-hybridized carbons (Fsp3) is 0.462. The summed E-state index contributed by atoms with van der Waals surface area (Å²) in [5.41, 5.74) is 3.76. The maximum atomic E-state index is 14.8. The van der Waals surface area contributed by atoms with Crippen molar-refractivity contribution in [3.05, 3.63) is 45.7 Å². The number of ether oxygens (including phenoxy) is 1. The summed E-state index contributed by atoms with van der Waals surface area (Å²) in [5.74, 6) is -0.467. The van der Waals surface area contributed by atoms with Crippen molar-refractivity contribution in [2.45, 2.75) is 58.3 Å². The highest BCUT2D eigenvalue weighted by Crippen LogP contribution is 2.45. The molecule has 1 saturated heterocycles. The molecule has 186 valence electrons. The maximum absolute atomic E-state index is 14.8. The number of carbonyl (C=O) groups excluding carboxylic acids is 1. The Morgan fingerprint density at radius 2 is 2.11 bits per heavy atom. The maximum Gasteiger partial charge on any atom is 0.410 e. The molecule has 3 aromatic rings. The molecule has 0 aliphatic carbocycles. The van der Waals surface area contributed by atoms with E-state index in [9.17, 15) is 14.3 Å². The highest BCUT2D eigenvalue weighted by Gasteiger charge is 2.36. The van der Waals surface area contributed by atoms with Gasteiger partial charge in [-0.05, 0) is 63.8 Å². The number of fused-ring (bicyclic) bond motifs is 2. The summed E-state index contributed by atoms with van der Waals surface area (Å²) in [6.07, 6.45) is 4.06. The zero-order valence-corrected chi connectivity index (χ0v) is 21.7. The van der Waals surface area contributed by atoms with E-state index in [1.807, 2.05) is 39.0 Å². The lowest BCUT2D eigenvalue weighted by atomic mass is 9.92. The number of aliphatic hydroxyl groups excluding tert-OH is 1. The summed E-state index contributed by atoms with van der Waals surface area (Å²) < 4.78 is 21.1. The Balaban J connectivity index is 1.55. The van der Waals surface area contributed by atoms with Crippen LogP contribution < -0.4 is 4.90 Å². The first-order chi connectivity index (χ1) is 16.7. The van der Waals surface area contributed by atoms with Gasteiger partial charge in [-0.2, -0.15) is 0 Å². The molecule has 0 saturated carbocycles. The average molecular weight is 518 g/mol. The minimum atomic E-state index is -0.535. The predicted molar refractivity (Wildman–Crippen MR) is 138 cm³/mol. The number of amides is 1. The van der Waals surface area contributed by atoms with Crippen LogP contribution in [0.1, 0.15) is 44.1 Å². The van der Waals surface area contributed by atoms with Crippen LogP contribution in [0.15, 0.2) is 24.4 Å². The van der Waals surface area contributed by atoms with E-state index in [0.29, 0.717) is 22.8 Å². The molecule has 0 unspecified atom stereocenters. The molecule has 1 aromatic carbocycles. The van der Waals surface area contributed by atoms with E-state index in [0.717, 1.165) is 48.2 Å². The lowest BCUT2D eigenvalue weighted by Crippen LogP contribution is -2.43. The fourth-order valence-electron chi connectivity index (χ4n) is 5.12. The molecule has 2 aliphatic heterocycles. The van der Waals surface area contributed by atoms with E-state index in [4.69, 9.17) is 16.3 Å². The van der Waals surface area contributed by atoms with E-state index < -0.39 is 11.4 Å². The number of hydrogen-bond acceptors (Lipinski definition) is 6. The number of pyridine rings is 1. The van der Waals surface area contributed by atoms with Crippen molar-refractivity contribution < 1.29 is 19.0 Å². The van der Waals surface area contributed by atoms with Crippen molar-refractivity contribution in [2.75, 3.05) is 24.5 Å². The van der Waals surface area contributed by atoms with Crippen LogP contribution in [0.3, 0.4) is 0 Å². The van der Waals surface area contributed by atoms with Gasteiger partial charge >= 0.3 is 6.09 Å². The summed E-state index contributed by atoms with van der Waals surface area (Å²) in [4.78, 5) is 21.4. The number of benzene rings is 1. The van der Waals surface area contributed by atoms with Crippen molar-refractivity contribution in [3.8, 4) is 11.1 Å². The van der Waals surface area contributed by atoms with Crippen LogP contribution in [0.5, 0.6) is 0 Å². The zero-order valence-electron chi connectivity index (χ0n) is 20.1. The minimum absolute atomic E-state index is 0.145. The Hall–Kier alpha value is -2.42. The van der Waals surface area contributed by atoms with Gasteiger partial charge in [-0.25, -0.2) is 9.18 Å². The van der Waals surface area contributed by atoms with Gasteiger partial charge in [0.2, 0.25) is 0 Å². The van der Waals surface area contributed by atoms with Gasteiger partial charge in [0.25, 0.3) is 0 Å². The minimum Gasteiger partial charge on any atom is -0.444 e. The predicted octanol–water partition coefficient (Wildman–Crippen LogP) is 6.01. The summed E-state index contributed by atoms with van der Waals surface area (Å²) in [6.45, 7) is 7.35. The molecule has 2 aromatic heterocycles. The number of carbonyl (C=O) groups is 1. The molecule has 1 atom stereocenters. The molecular weight excluding hydrogens is 489 g/mol. The number of anilines is 1. The van der Waals surface area contributed by atoms with Gasteiger partial charge in [-0.1, -0.05) is 11.6 Å². The second-order valence-corrected chi connectivity index (χ2v) is 11.7. The molecule has 2 aliphatic rings. The monoisotopic (exact) mass is 517 g/mol. The summed E-state index contributed by atoms with van der Waals surface area (Å²) in [6, 6.07) is 5.98. The Kier molecular flexibility index (Phi) is 6.40. The van der Waals surface area contributed by atoms with Crippen molar-refractivity contribution in [1.82, 2.24) is 9.88 Å². The first-order valence-electron chi connectivity index (χ1n) is 11.9. The van der Waals surface area contributed by atoms with Crippen molar-refractivity contribution >= 4 is 44.9 Å². The van der Waals surface area contributed by atoms with E-state index in [1.54, 1.807) is 11.1 Å². The molecule has 1 N–H and O–H groups in total. The largest absolute Gasteiger partial charge is 0.444 e. The number of aliphatic hydroxyl groups is 1. The normalized spacial score (nSPS) is 18.3. The lowest BCUT2D eigenvalue weighted by Gasteiger charge is -2.38. The second-order valence-electron chi connectivity index (χ2n) is 10.2. The Morgan fingerprint density at radius 1 is 1.31 bits per heavy atom. The number of thiophene rings is 1. The Bertz CT molecular complexity index is 1290. The highest BCUT2D eigenvalue weighted by atomic mass is 35.5. The average Bonchev–Trinajstić information content (AvgIpc) is 3.42. The number of halogens is 2. The number of rotatable bonds is 3. The van der Waals surface area contributed by atoms with Gasteiger partial charge in [0, 0.05) is 53.7 Å². The van der Waals surface area contributed by atoms with E-state index in [1.165, 1.54) is 11.3 Å². The van der Waals surface area contributed by atoms with Crippen molar-refractivity contribution in [2.24, 2.45) is 0 Å². The van der Waals surface area contributed by atoms with Gasteiger partial charge in [-0.3, -0.25) is 4.98 Å². The quantitative estimate of drug-likeness (QED) is 0.461. The highest BCUT2D eigenvalue weighted by molar-refractivity contribution is 7.19. The molecule has 1 amide bonds. The van der Waals surface area contributed by atoms with E-state index >= 15 is 0 Å². The van der Waals surface area contributed by atoms with Crippen LogP contribution in [0.2, 0.25) is 5.02 Å². The van der Waals surface area contributed by atoms with Gasteiger partial charge in [0.15, 0.2) is 5.82 Å². The zero-order chi connectivity index (χ0) is 24.9. The smallest absolute Gasteiger partial charge is 0.410 e. The first-order valence-corrected chi connectivity index (χ1v) is 13.1. The molecule has 0 spiro atoms. The topological polar surface area (TPSA) is 65.9 Å². The van der Waals surface area contributed by atoms with Crippen molar-refractivity contribution in [1.29, 1.82) is 0 Å². The second kappa shape index (κ2) is 9.22. The summed E-state index contributed by atoms with van der Waals surface area (Å²) in [7, 11) is 0. The third-order valence-corrected chi connectivity index (χ3v) is 7.95. The number of hydrogen-bond donors (Lipinski definition) is 1. The van der Waals surface area contributed by atoms with E-state index in [2.05, 4.69) is 9.88 Å². The SMILES string of the molecule is CC(C)(C)OC(=O)N1CC[C@H](N2CCCc3cc(Cl)cc(-c4ccnc5c(F)c(CO)sc45)c32)C1. The number of aromatic nitrogens is 1. The molecule has 5 rings (SSSR count). The van der Waals surface area contributed by atoms with Crippen molar-refractivity contribution in [3.63, 3.8) is 0 Å².